The lowest BCUT2D eigenvalue weighted by atomic mass is 10.1. The summed E-state index contributed by atoms with van der Waals surface area (Å²) in [6.45, 7) is 1.78. The van der Waals surface area contributed by atoms with Gasteiger partial charge in [0.25, 0.3) is 5.91 Å². The van der Waals surface area contributed by atoms with Crippen molar-refractivity contribution in [3.8, 4) is 0 Å². The van der Waals surface area contributed by atoms with Crippen molar-refractivity contribution < 1.29 is 9.21 Å². The van der Waals surface area contributed by atoms with Crippen LogP contribution < -0.4 is 11.1 Å². The molecular formula is C15H12BrN3O2. The van der Waals surface area contributed by atoms with Gasteiger partial charge in [-0.1, -0.05) is 15.9 Å². The molecule has 6 heteroatoms. The number of anilines is 2. The van der Waals surface area contributed by atoms with E-state index in [0.29, 0.717) is 33.9 Å². The normalized spacial score (nSPS) is 10.8. The molecule has 0 aliphatic heterocycles. The predicted molar refractivity (Wildman–Crippen MR) is 85.3 cm³/mol. The molecule has 0 spiro atoms. The molecule has 106 valence electrons. The van der Waals surface area contributed by atoms with Gasteiger partial charge in [0.2, 0.25) is 0 Å². The maximum Gasteiger partial charge on any atom is 0.257 e. The van der Waals surface area contributed by atoms with Gasteiger partial charge in [-0.2, -0.15) is 0 Å². The van der Waals surface area contributed by atoms with Crippen molar-refractivity contribution in [1.29, 1.82) is 0 Å². The summed E-state index contributed by atoms with van der Waals surface area (Å²) in [4.78, 5) is 16.5. The molecule has 2 aromatic carbocycles. The Labute approximate surface area is 129 Å². The van der Waals surface area contributed by atoms with Crippen molar-refractivity contribution in [3.05, 3.63) is 52.3 Å². The Bertz CT molecular complexity index is 842. The van der Waals surface area contributed by atoms with Gasteiger partial charge in [0.1, 0.15) is 5.52 Å². The highest BCUT2D eigenvalue weighted by Crippen LogP contribution is 2.22. The van der Waals surface area contributed by atoms with Crippen LogP contribution in [0.5, 0.6) is 0 Å². The van der Waals surface area contributed by atoms with Crippen LogP contribution >= 0.6 is 15.9 Å². The number of nitrogens with two attached hydrogens (primary N) is 1. The molecule has 1 amide bonds. The average molecular weight is 346 g/mol. The molecule has 21 heavy (non-hydrogen) atoms. The molecule has 0 radical (unpaired) electrons. The van der Waals surface area contributed by atoms with Crippen LogP contribution in [-0.4, -0.2) is 10.9 Å². The second-order valence-corrected chi connectivity index (χ2v) is 5.52. The first kappa shape index (κ1) is 13.6. The second-order valence-electron chi connectivity index (χ2n) is 4.60. The Hall–Kier alpha value is -2.34. The SMILES string of the molecule is Cc1nc2cc(NC(=O)c3cc(Br)ccc3N)ccc2o1. The summed E-state index contributed by atoms with van der Waals surface area (Å²) in [5.41, 5.74) is 8.70. The number of carbonyl (C=O) groups excluding carboxylic acids is 1. The number of hydrogen-bond donors (Lipinski definition) is 2. The fraction of sp³-hybridized carbons (Fsp3) is 0.0667. The number of aromatic nitrogens is 1. The molecule has 0 atom stereocenters. The van der Waals surface area contributed by atoms with E-state index in [1.54, 1.807) is 43.3 Å². The van der Waals surface area contributed by atoms with Crippen molar-refractivity contribution >= 4 is 44.3 Å². The van der Waals surface area contributed by atoms with Crippen LogP contribution in [0.1, 0.15) is 16.2 Å². The number of halogens is 1. The van der Waals surface area contributed by atoms with E-state index in [4.69, 9.17) is 10.2 Å². The van der Waals surface area contributed by atoms with Crippen LogP contribution in [0.2, 0.25) is 0 Å². The van der Waals surface area contributed by atoms with Crippen molar-refractivity contribution in [2.45, 2.75) is 6.92 Å². The first-order chi connectivity index (χ1) is 10.0. The molecule has 0 saturated carbocycles. The number of amides is 1. The number of nitrogens with zero attached hydrogens (tertiary/aromatic N) is 1. The van der Waals surface area contributed by atoms with Crippen molar-refractivity contribution in [2.24, 2.45) is 0 Å². The molecule has 1 aromatic heterocycles. The first-order valence-corrected chi connectivity index (χ1v) is 7.06. The monoisotopic (exact) mass is 345 g/mol. The zero-order valence-electron chi connectivity index (χ0n) is 11.2. The Balaban J connectivity index is 1.90. The van der Waals surface area contributed by atoms with Crippen molar-refractivity contribution in [3.63, 3.8) is 0 Å². The fourth-order valence-electron chi connectivity index (χ4n) is 2.04. The van der Waals surface area contributed by atoms with Gasteiger partial charge in [-0.3, -0.25) is 4.79 Å². The van der Waals surface area contributed by atoms with Gasteiger partial charge in [-0.05, 0) is 36.4 Å². The van der Waals surface area contributed by atoms with E-state index in [2.05, 4.69) is 26.2 Å². The number of nitrogen functional groups attached to an aromatic ring is 1. The van der Waals surface area contributed by atoms with Crippen molar-refractivity contribution in [2.75, 3.05) is 11.1 Å². The number of oxazole rings is 1. The molecule has 0 aliphatic carbocycles. The Morgan fingerprint density at radius 2 is 2.10 bits per heavy atom. The number of aryl methyl sites for hydroxylation is 1. The summed E-state index contributed by atoms with van der Waals surface area (Å²) in [7, 11) is 0. The number of rotatable bonds is 2. The third kappa shape index (κ3) is 2.75. The smallest absolute Gasteiger partial charge is 0.257 e. The average Bonchev–Trinajstić information content (AvgIpc) is 2.80. The third-order valence-electron chi connectivity index (χ3n) is 3.01. The van der Waals surface area contributed by atoms with Crippen LogP contribution in [0.15, 0.2) is 45.3 Å². The minimum Gasteiger partial charge on any atom is -0.441 e. The number of carbonyl (C=O) groups is 1. The molecule has 0 aliphatic rings. The van der Waals surface area contributed by atoms with E-state index in [9.17, 15) is 4.79 Å². The lowest BCUT2D eigenvalue weighted by Crippen LogP contribution is -2.14. The van der Waals surface area contributed by atoms with E-state index < -0.39 is 0 Å². The third-order valence-corrected chi connectivity index (χ3v) is 3.51. The zero-order valence-corrected chi connectivity index (χ0v) is 12.8. The maximum atomic E-state index is 12.3. The Morgan fingerprint density at radius 1 is 1.29 bits per heavy atom. The van der Waals surface area contributed by atoms with Crippen LogP contribution in [-0.2, 0) is 0 Å². The van der Waals surface area contributed by atoms with Gasteiger partial charge in [0.05, 0.1) is 5.56 Å². The molecule has 0 fully saturated rings. The van der Waals surface area contributed by atoms with Gasteiger partial charge < -0.3 is 15.5 Å². The highest BCUT2D eigenvalue weighted by Gasteiger charge is 2.11. The van der Waals surface area contributed by atoms with Crippen molar-refractivity contribution in [1.82, 2.24) is 4.98 Å². The summed E-state index contributed by atoms with van der Waals surface area (Å²) in [5, 5.41) is 2.81. The minimum absolute atomic E-state index is 0.270. The summed E-state index contributed by atoms with van der Waals surface area (Å²) in [6.07, 6.45) is 0. The maximum absolute atomic E-state index is 12.3. The number of benzene rings is 2. The van der Waals surface area contributed by atoms with E-state index in [-0.39, 0.29) is 5.91 Å². The van der Waals surface area contributed by atoms with Crippen LogP contribution in [0.25, 0.3) is 11.1 Å². The van der Waals surface area contributed by atoms with Gasteiger partial charge in [-0.15, -0.1) is 0 Å². The van der Waals surface area contributed by atoms with E-state index in [1.165, 1.54) is 0 Å². The quantitative estimate of drug-likeness (QED) is 0.693. The predicted octanol–water partition coefficient (Wildman–Crippen LogP) is 3.73. The van der Waals surface area contributed by atoms with E-state index in [0.717, 1.165) is 4.47 Å². The topological polar surface area (TPSA) is 81.2 Å². The van der Waals surface area contributed by atoms with Gasteiger partial charge in [0, 0.05) is 22.8 Å². The summed E-state index contributed by atoms with van der Waals surface area (Å²) in [6, 6.07) is 10.5. The van der Waals surface area contributed by atoms with Crippen LogP contribution in [0, 0.1) is 6.92 Å². The first-order valence-electron chi connectivity index (χ1n) is 6.26. The molecular weight excluding hydrogens is 334 g/mol. The number of nitrogens with one attached hydrogen (secondary N) is 1. The molecule has 1 heterocycles. The van der Waals surface area contributed by atoms with Gasteiger partial charge in [-0.25, -0.2) is 4.98 Å². The molecule has 0 bridgehead atoms. The largest absolute Gasteiger partial charge is 0.441 e. The van der Waals surface area contributed by atoms with Crippen LogP contribution in [0.3, 0.4) is 0 Å². The molecule has 3 aromatic rings. The molecule has 3 N–H and O–H groups in total. The van der Waals surface area contributed by atoms with E-state index in [1.807, 2.05) is 0 Å². The molecule has 0 unspecified atom stereocenters. The number of fused-ring (bicyclic) bond motifs is 1. The second kappa shape index (κ2) is 5.21. The van der Waals surface area contributed by atoms with Gasteiger partial charge in [0.15, 0.2) is 11.5 Å². The molecule has 5 nitrogen and oxygen atoms in total. The summed E-state index contributed by atoms with van der Waals surface area (Å²) in [5.74, 6) is 0.318. The molecule has 3 rings (SSSR count). The standard InChI is InChI=1S/C15H12BrN3O2/c1-8-18-13-7-10(3-5-14(13)21-8)19-15(20)11-6-9(16)2-4-12(11)17/h2-7H,17H2,1H3,(H,19,20). The lowest BCUT2D eigenvalue weighted by Gasteiger charge is -2.08. The van der Waals surface area contributed by atoms with Crippen LogP contribution in [0.4, 0.5) is 11.4 Å². The lowest BCUT2D eigenvalue weighted by molar-refractivity contribution is 0.102. The minimum atomic E-state index is -0.270. The Morgan fingerprint density at radius 3 is 2.90 bits per heavy atom. The highest BCUT2D eigenvalue weighted by atomic mass is 79.9. The number of hydrogen-bond acceptors (Lipinski definition) is 4. The van der Waals surface area contributed by atoms with Gasteiger partial charge >= 0.3 is 0 Å². The highest BCUT2D eigenvalue weighted by molar-refractivity contribution is 9.10. The zero-order chi connectivity index (χ0) is 15.0. The summed E-state index contributed by atoms with van der Waals surface area (Å²) < 4.78 is 6.19. The summed E-state index contributed by atoms with van der Waals surface area (Å²) >= 11 is 3.33. The molecule has 0 saturated heterocycles. The fourth-order valence-corrected chi connectivity index (χ4v) is 2.41. The Kier molecular flexibility index (Phi) is 3.39. The van der Waals surface area contributed by atoms with E-state index >= 15 is 0 Å².